The fourth-order valence-corrected chi connectivity index (χ4v) is 2.37. The summed E-state index contributed by atoms with van der Waals surface area (Å²) in [6, 6.07) is 3.05. The second-order valence-electron chi connectivity index (χ2n) is 3.54. The molecule has 88 valence electrons. The molecule has 1 aromatic rings. The maximum atomic E-state index is 13.6. The number of halogens is 2. The first-order valence-corrected chi connectivity index (χ1v) is 5.87. The fourth-order valence-electron chi connectivity index (χ4n) is 1.81. The Morgan fingerprint density at radius 2 is 2.38 bits per heavy atom. The second kappa shape index (κ2) is 5.12. The maximum absolute atomic E-state index is 13.6. The molecule has 3 nitrogen and oxygen atoms in total. The first-order valence-electron chi connectivity index (χ1n) is 5.08. The summed E-state index contributed by atoms with van der Waals surface area (Å²) in [5.41, 5.74) is 0.731. The number of ether oxygens (including phenoxy) is 2. The second-order valence-corrected chi connectivity index (χ2v) is 4.39. The lowest BCUT2D eigenvalue weighted by Gasteiger charge is -2.26. The Labute approximate surface area is 102 Å². The van der Waals surface area contributed by atoms with Gasteiger partial charge < -0.3 is 14.8 Å². The fraction of sp³-hybridized carbons (Fsp3) is 0.455. The molecule has 1 N–H and O–H groups in total. The van der Waals surface area contributed by atoms with Gasteiger partial charge in [0.2, 0.25) is 0 Å². The molecule has 1 atom stereocenters. The third-order valence-electron chi connectivity index (χ3n) is 2.55. The molecule has 0 saturated carbocycles. The summed E-state index contributed by atoms with van der Waals surface area (Å²) in [4.78, 5) is 0. The SMILES string of the molecule is COc1c(F)ccc(Br)c1C1CNCCO1. The minimum absolute atomic E-state index is 0.172. The molecule has 0 bridgehead atoms. The molecule has 1 aliphatic rings. The van der Waals surface area contributed by atoms with E-state index in [1.165, 1.54) is 13.2 Å². The van der Waals surface area contributed by atoms with Gasteiger partial charge in [-0.05, 0) is 12.1 Å². The molecular weight excluding hydrogens is 277 g/mol. The highest BCUT2D eigenvalue weighted by Crippen LogP contribution is 2.36. The highest BCUT2D eigenvalue weighted by Gasteiger charge is 2.24. The van der Waals surface area contributed by atoms with E-state index in [4.69, 9.17) is 9.47 Å². The smallest absolute Gasteiger partial charge is 0.165 e. The van der Waals surface area contributed by atoms with Crippen molar-refractivity contribution in [3.63, 3.8) is 0 Å². The lowest BCUT2D eigenvalue weighted by Crippen LogP contribution is -2.33. The minimum atomic E-state index is -0.366. The predicted molar refractivity (Wildman–Crippen MR) is 62.2 cm³/mol. The molecule has 0 spiro atoms. The standard InChI is InChI=1S/C11H13BrFNO2/c1-15-11-8(13)3-2-7(12)10(11)9-6-14-4-5-16-9/h2-3,9,14H,4-6H2,1H3. The molecule has 0 amide bonds. The van der Waals surface area contributed by atoms with Gasteiger partial charge >= 0.3 is 0 Å². The Morgan fingerprint density at radius 3 is 3.00 bits per heavy atom. The van der Waals surface area contributed by atoms with Gasteiger partial charge in [0.1, 0.15) is 0 Å². The summed E-state index contributed by atoms with van der Waals surface area (Å²) in [6.45, 7) is 2.11. The number of rotatable bonds is 2. The van der Waals surface area contributed by atoms with Crippen molar-refractivity contribution in [2.24, 2.45) is 0 Å². The Hall–Kier alpha value is -0.650. The molecule has 1 aliphatic heterocycles. The van der Waals surface area contributed by atoms with Crippen LogP contribution in [0, 0.1) is 5.82 Å². The van der Waals surface area contributed by atoms with E-state index in [1.54, 1.807) is 6.07 Å². The Bertz CT molecular complexity index is 380. The number of hydrogen-bond acceptors (Lipinski definition) is 3. The van der Waals surface area contributed by atoms with Gasteiger partial charge in [0.25, 0.3) is 0 Å². The van der Waals surface area contributed by atoms with Crippen LogP contribution in [0.5, 0.6) is 5.75 Å². The molecule has 5 heteroatoms. The van der Waals surface area contributed by atoms with E-state index < -0.39 is 0 Å². The van der Waals surface area contributed by atoms with Crippen molar-refractivity contribution in [2.75, 3.05) is 26.8 Å². The normalized spacial score (nSPS) is 20.8. The zero-order valence-corrected chi connectivity index (χ0v) is 10.5. The van der Waals surface area contributed by atoms with Gasteiger partial charge in [-0.25, -0.2) is 4.39 Å². The van der Waals surface area contributed by atoms with Gasteiger partial charge in [-0.3, -0.25) is 0 Å². The summed E-state index contributed by atoms with van der Waals surface area (Å²) in [6.07, 6.45) is -0.172. The monoisotopic (exact) mass is 289 g/mol. The molecule has 0 radical (unpaired) electrons. The Balaban J connectivity index is 2.40. The summed E-state index contributed by atoms with van der Waals surface area (Å²) in [7, 11) is 1.46. The number of morpholine rings is 1. The van der Waals surface area contributed by atoms with Gasteiger partial charge in [-0.1, -0.05) is 15.9 Å². The summed E-state index contributed by atoms with van der Waals surface area (Å²) in [5, 5.41) is 3.21. The number of nitrogens with one attached hydrogen (secondary N) is 1. The van der Waals surface area contributed by atoms with Crippen molar-refractivity contribution in [1.82, 2.24) is 5.32 Å². The van der Waals surface area contributed by atoms with E-state index in [-0.39, 0.29) is 17.7 Å². The van der Waals surface area contributed by atoms with E-state index in [0.717, 1.165) is 16.6 Å². The van der Waals surface area contributed by atoms with Gasteiger partial charge in [0, 0.05) is 23.1 Å². The van der Waals surface area contributed by atoms with Gasteiger partial charge in [-0.15, -0.1) is 0 Å². The summed E-state index contributed by atoms with van der Waals surface area (Å²) >= 11 is 3.40. The Kier molecular flexibility index (Phi) is 3.78. The van der Waals surface area contributed by atoms with Crippen LogP contribution in [0.15, 0.2) is 16.6 Å². The van der Waals surface area contributed by atoms with E-state index in [0.29, 0.717) is 13.2 Å². The molecule has 1 heterocycles. The van der Waals surface area contributed by atoms with Crippen molar-refractivity contribution >= 4 is 15.9 Å². The van der Waals surface area contributed by atoms with Crippen LogP contribution in [0.4, 0.5) is 4.39 Å². The molecule has 1 fully saturated rings. The molecule has 1 unspecified atom stereocenters. The predicted octanol–water partition coefficient (Wildman–Crippen LogP) is 2.26. The van der Waals surface area contributed by atoms with Crippen LogP contribution in [0.2, 0.25) is 0 Å². The third kappa shape index (κ3) is 2.21. The van der Waals surface area contributed by atoms with Crippen LogP contribution in [-0.2, 0) is 4.74 Å². The number of methoxy groups -OCH3 is 1. The average Bonchev–Trinajstić information content (AvgIpc) is 2.33. The molecule has 0 aliphatic carbocycles. The zero-order valence-electron chi connectivity index (χ0n) is 8.93. The highest BCUT2D eigenvalue weighted by atomic mass is 79.9. The van der Waals surface area contributed by atoms with Crippen molar-refractivity contribution in [2.45, 2.75) is 6.10 Å². The van der Waals surface area contributed by atoms with Crippen molar-refractivity contribution in [3.8, 4) is 5.75 Å². The molecule has 2 rings (SSSR count). The molecule has 1 aromatic carbocycles. The van der Waals surface area contributed by atoms with Crippen molar-refractivity contribution < 1.29 is 13.9 Å². The van der Waals surface area contributed by atoms with Gasteiger partial charge in [-0.2, -0.15) is 0 Å². The molecular formula is C11H13BrFNO2. The van der Waals surface area contributed by atoms with Gasteiger partial charge in [0.15, 0.2) is 11.6 Å². The average molecular weight is 290 g/mol. The summed E-state index contributed by atoms with van der Waals surface area (Å²) in [5.74, 6) is -0.113. The lowest BCUT2D eigenvalue weighted by molar-refractivity contribution is 0.0255. The Morgan fingerprint density at radius 1 is 1.56 bits per heavy atom. The van der Waals surface area contributed by atoms with Crippen LogP contribution < -0.4 is 10.1 Å². The van der Waals surface area contributed by atoms with Crippen LogP contribution in [0.3, 0.4) is 0 Å². The largest absolute Gasteiger partial charge is 0.493 e. The topological polar surface area (TPSA) is 30.5 Å². The van der Waals surface area contributed by atoms with Crippen molar-refractivity contribution in [1.29, 1.82) is 0 Å². The first kappa shape index (κ1) is 11.8. The quantitative estimate of drug-likeness (QED) is 0.906. The first-order chi connectivity index (χ1) is 7.74. The van der Waals surface area contributed by atoms with E-state index in [1.807, 2.05) is 0 Å². The zero-order chi connectivity index (χ0) is 11.5. The van der Waals surface area contributed by atoms with Crippen LogP contribution >= 0.6 is 15.9 Å². The van der Waals surface area contributed by atoms with Crippen LogP contribution in [0.25, 0.3) is 0 Å². The summed E-state index contributed by atoms with van der Waals surface area (Å²) < 4.78 is 25.1. The molecule has 0 aromatic heterocycles. The van der Waals surface area contributed by atoms with E-state index >= 15 is 0 Å². The maximum Gasteiger partial charge on any atom is 0.165 e. The highest BCUT2D eigenvalue weighted by molar-refractivity contribution is 9.10. The van der Waals surface area contributed by atoms with E-state index in [2.05, 4.69) is 21.2 Å². The van der Waals surface area contributed by atoms with Crippen molar-refractivity contribution in [3.05, 3.63) is 28.0 Å². The number of hydrogen-bond donors (Lipinski definition) is 1. The van der Waals surface area contributed by atoms with Gasteiger partial charge in [0.05, 0.1) is 19.8 Å². The lowest BCUT2D eigenvalue weighted by atomic mass is 10.1. The van der Waals surface area contributed by atoms with E-state index in [9.17, 15) is 4.39 Å². The van der Waals surface area contributed by atoms with Crippen LogP contribution in [0.1, 0.15) is 11.7 Å². The molecule has 16 heavy (non-hydrogen) atoms. The number of benzene rings is 1. The minimum Gasteiger partial charge on any atom is -0.493 e. The molecule has 1 saturated heterocycles. The van der Waals surface area contributed by atoms with Crippen LogP contribution in [-0.4, -0.2) is 26.8 Å². The third-order valence-corrected chi connectivity index (χ3v) is 3.24.